The zero-order valence-electron chi connectivity index (χ0n) is 23.6. The van der Waals surface area contributed by atoms with E-state index in [-0.39, 0.29) is 35.7 Å². The molecule has 0 aromatic heterocycles. The Labute approximate surface area is 220 Å². The van der Waals surface area contributed by atoms with Crippen molar-refractivity contribution in [3.63, 3.8) is 0 Å². The second kappa shape index (κ2) is 14.2. The second-order valence-corrected chi connectivity index (χ2v) is 16.8. The number of carbonyl (C=O) groups is 2. The Bertz CT molecular complexity index is 808. The summed E-state index contributed by atoms with van der Waals surface area (Å²) in [5, 5.41) is 3.33. The van der Waals surface area contributed by atoms with Crippen LogP contribution in [0.4, 0.5) is 4.79 Å². The van der Waals surface area contributed by atoms with Crippen LogP contribution in [-0.2, 0) is 25.3 Å². The topological polar surface area (TPSA) is 73.9 Å². The molecule has 36 heavy (non-hydrogen) atoms. The molecule has 0 heterocycles. The van der Waals surface area contributed by atoms with Crippen molar-refractivity contribution in [2.24, 2.45) is 17.8 Å². The molecular formula is C29H49NO5Si. The van der Waals surface area contributed by atoms with Gasteiger partial charge in [-0.15, -0.1) is 0 Å². The number of amides is 1. The maximum Gasteiger partial charge on any atom is 0.407 e. The quantitative estimate of drug-likeness (QED) is 0.171. The normalized spacial score (nSPS) is 22.3. The van der Waals surface area contributed by atoms with E-state index in [1.165, 1.54) is 7.11 Å². The van der Waals surface area contributed by atoms with E-state index in [1.54, 1.807) is 0 Å². The van der Waals surface area contributed by atoms with Gasteiger partial charge in [-0.3, -0.25) is 4.79 Å². The number of unbranched alkanes of at least 4 members (excludes halogenated alkanes) is 3. The average molecular weight is 520 g/mol. The van der Waals surface area contributed by atoms with Crippen molar-refractivity contribution < 1.29 is 23.5 Å². The molecule has 0 spiro atoms. The number of esters is 1. The van der Waals surface area contributed by atoms with E-state index in [9.17, 15) is 9.59 Å². The lowest BCUT2D eigenvalue weighted by Crippen LogP contribution is -2.46. The fraction of sp³-hybridized carbons (Fsp3) is 0.724. The predicted octanol–water partition coefficient (Wildman–Crippen LogP) is 7.09. The Morgan fingerprint density at radius 3 is 2.33 bits per heavy atom. The molecule has 0 radical (unpaired) electrons. The third-order valence-electron chi connectivity index (χ3n) is 8.28. The average Bonchev–Trinajstić information content (AvgIpc) is 3.11. The molecule has 6 nitrogen and oxygen atoms in total. The van der Waals surface area contributed by atoms with Gasteiger partial charge < -0.3 is 19.2 Å². The maximum atomic E-state index is 12.7. The zero-order chi connectivity index (χ0) is 26.8. The van der Waals surface area contributed by atoms with Gasteiger partial charge in [0.05, 0.1) is 7.11 Å². The Hall–Kier alpha value is -1.86. The number of carbonyl (C=O) groups excluding carboxylic acids is 2. The van der Waals surface area contributed by atoms with Crippen LogP contribution in [0.5, 0.6) is 0 Å². The number of benzene rings is 1. The summed E-state index contributed by atoms with van der Waals surface area (Å²) < 4.78 is 17.0. The van der Waals surface area contributed by atoms with Gasteiger partial charge >= 0.3 is 12.1 Å². The van der Waals surface area contributed by atoms with Crippen LogP contribution in [0, 0.1) is 17.8 Å². The van der Waals surface area contributed by atoms with E-state index in [0.717, 1.165) is 44.1 Å². The minimum Gasteiger partial charge on any atom is -0.469 e. The standard InChI is InChI=1S/C29H49NO5Si/c1-22-19-26(30-28(32)34-20-23-15-11-10-12-16-23)25(21-35-36(6,7)29(2,3)4)24(22)17-13-8-9-14-18-27(31)33-5/h10-12,15-16,22,24-26H,8-9,13-14,17-21H2,1-7H3,(H,30,32)/t22-,24-,25+,26?/m0/s1. The van der Waals surface area contributed by atoms with Gasteiger partial charge in [-0.1, -0.05) is 77.3 Å². The summed E-state index contributed by atoms with van der Waals surface area (Å²) in [6.07, 6.45) is 6.34. The van der Waals surface area contributed by atoms with E-state index in [2.05, 4.69) is 46.1 Å². The molecule has 1 aromatic carbocycles. The molecule has 1 N–H and O–H groups in total. The Morgan fingerprint density at radius 1 is 1.03 bits per heavy atom. The highest BCUT2D eigenvalue weighted by molar-refractivity contribution is 6.74. The minimum absolute atomic E-state index is 0.0531. The van der Waals surface area contributed by atoms with Crippen molar-refractivity contribution in [2.45, 2.75) is 103 Å². The van der Waals surface area contributed by atoms with Crippen LogP contribution in [0.3, 0.4) is 0 Å². The minimum atomic E-state index is -1.90. The molecule has 204 valence electrons. The molecule has 0 bridgehead atoms. The summed E-state index contributed by atoms with van der Waals surface area (Å²) in [6, 6.07) is 9.82. The summed E-state index contributed by atoms with van der Waals surface area (Å²) in [5.74, 6) is 1.14. The van der Waals surface area contributed by atoms with Crippen LogP contribution in [0.2, 0.25) is 18.1 Å². The molecule has 1 aliphatic rings. The smallest absolute Gasteiger partial charge is 0.407 e. The molecule has 7 heteroatoms. The number of nitrogens with one attached hydrogen (secondary N) is 1. The van der Waals surface area contributed by atoms with Gasteiger partial charge in [0.2, 0.25) is 0 Å². The molecule has 1 unspecified atom stereocenters. The number of alkyl carbamates (subject to hydrolysis) is 1. The number of rotatable bonds is 13. The van der Waals surface area contributed by atoms with Crippen molar-refractivity contribution in [3.05, 3.63) is 35.9 Å². The molecule has 1 fully saturated rings. The van der Waals surface area contributed by atoms with Crippen LogP contribution in [0.1, 0.15) is 78.2 Å². The lowest BCUT2D eigenvalue weighted by Gasteiger charge is -2.38. The van der Waals surface area contributed by atoms with Gasteiger partial charge in [0.25, 0.3) is 0 Å². The highest BCUT2D eigenvalue weighted by Crippen LogP contribution is 2.43. The summed E-state index contributed by atoms with van der Waals surface area (Å²) in [5.41, 5.74) is 0.982. The van der Waals surface area contributed by atoms with Crippen molar-refractivity contribution in [2.75, 3.05) is 13.7 Å². The van der Waals surface area contributed by atoms with E-state index < -0.39 is 8.32 Å². The largest absolute Gasteiger partial charge is 0.469 e. The van der Waals surface area contributed by atoms with Crippen molar-refractivity contribution in [1.82, 2.24) is 5.32 Å². The Balaban J connectivity index is 1.97. The number of methoxy groups -OCH3 is 1. The molecule has 1 aromatic rings. The van der Waals surface area contributed by atoms with Crippen molar-refractivity contribution >= 4 is 20.4 Å². The predicted molar refractivity (Wildman–Crippen MR) is 147 cm³/mol. The second-order valence-electron chi connectivity index (χ2n) is 12.0. The van der Waals surface area contributed by atoms with Crippen molar-refractivity contribution in [3.8, 4) is 0 Å². The Kier molecular flexibility index (Phi) is 12.0. The van der Waals surface area contributed by atoms with Crippen LogP contribution >= 0.6 is 0 Å². The van der Waals surface area contributed by atoms with Crippen LogP contribution in [0.25, 0.3) is 0 Å². The van der Waals surface area contributed by atoms with E-state index >= 15 is 0 Å². The molecule has 1 saturated carbocycles. The first-order valence-corrected chi connectivity index (χ1v) is 16.5. The summed E-state index contributed by atoms with van der Waals surface area (Å²) in [7, 11) is -0.462. The monoisotopic (exact) mass is 519 g/mol. The zero-order valence-corrected chi connectivity index (χ0v) is 24.6. The molecule has 0 aliphatic heterocycles. The lowest BCUT2D eigenvalue weighted by atomic mass is 9.85. The highest BCUT2D eigenvalue weighted by atomic mass is 28.4. The van der Waals surface area contributed by atoms with E-state index in [4.69, 9.17) is 13.9 Å². The van der Waals surface area contributed by atoms with E-state index in [1.807, 2.05) is 30.3 Å². The molecular weight excluding hydrogens is 470 g/mol. The summed E-state index contributed by atoms with van der Waals surface area (Å²) in [6.45, 7) is 14.6. The first-order valence-electron chi connectivity index (χ1n) is 13.6. The molecule has 4 atom stereocenters. The molecule has 0 saturated heterocycles. The number of ether oxygens (including phenoxy) is 2. The fourth-order valence-electron chi connectivity index (χ4n) is 4.92. The van der Waals surface area contributed by atoms with E-state index in [0.29, 0.717) is 24.9 Å². The third kappa shape index (κ3) is 9.54. The van der Waals surface area contributed by atoms with Gasteiger partial charge in [-0.05, 0) is 54.8 Å². The molecule has 1 amide bonds. The van der Waals surface area contributed by atoms with Crippen molar-refractivity contribution in [1.29, 1.82) is 0 Å². The van der Waals surface area contributed by atoms with Gasteiger partial charge in [0.1, 0.15) is 6.61 Å². The van der Waals surface area contributed by atoms with Gasteiger partial charge in [-0.2, -0.15) is 0 Å². The highest BCUT2D eigenvalue weighted by Gasteiger charge is 2.44. The number of hydrogen-bond acceptors (Lipinski definition) is 5. The fourth-order valence-corrected chi connectivity index (χ4v) is 5.96. The van der Waals surface area contributed by atoms with Crippen LogP contribution < -0.4 is 5.32 Å². The van der Waals surface area contributed by atoms with Crippen LogP contribution in [-0.4, -0.2) is 40.1 Å². The molecule has 1 aliphatic carbocycles. The first kappa shape index (κ1) is 30.4. The Morgan fingerprint density at radius 2 is 1.69 bits per heavy atom. The number of hydrogen-bond donors (Lipinski definition) is 1. The SMILES string of the molecule is COC(=O)CCCCCC[C@H]1[C@@H](C)CC(NC(=O)OCc2ccccc2)[C@@H]1CO[Si](C)(C)C(C)(C)C. The third-order valence-corrected chi connectivity index (χ3v) is 12.8. The maximum absolute atomic E-state index is 12.7. The van der Waals surface area contributed by atoms with Gasteiger partial charge in [-0.25, -0.2) is 4.79 Å². The summed E-state index contributed by atoms with van der Waals surface area (Å²) >= 11 is 0. The van der Waals surface area contributed by atoms with Gasteiger partial charge in [0, 0.05) is 25.0 Å². The van der Waals surface area contributed by atoms with Crippen LogP contribution in [0.15, 0.2) is 30.3 Å². The molecule has 2 rings (SSSR count). The first-order chi connectivity index (χ1) is 16.9. The lowest BCUT2D eigenvalue weighted by molar-refractivity contribution is -0.140. The van der Waals surface area contributed by atoms with Gasteiger partial charge in [0.15, 0.2) is 8.32 Å². The summed E-state index contributed by atoms with van der Waals surface area (Å²) in [4.78, 5) is 24.0.